The molecule has 100 valence electrons. The summed E-state index contributed by atoms with van der Waals surface area (Å²) in [6.45, 7) is 3.97. The lowest BCUT2D eigenvalue weighted by molar-refractivity contribution is 0.662. The fraction of sp³-hybridized carbons (Fsp3) is 0.467. The van der Waals surface area contributed by atoms with Crippen molar-refractivity contribution in [3.8, 4) is 5.69 Å². The van der Waals surface area contributed by atoms with Crippen LogP contribution in [0.2, 0.25) is 0 Å². The highest BCUT2D eigenvalue weighted by Crippen LogP contribution is 2.24. The number of benzene rings is 1. The number of aryl methyl sites for hydroxylation is 2. The average Bonchev–Trinajstić information content (AvgIpc) is 3.06. The molecule has 1 aliphatic carbocycles. The normalized spacial score (nSPS) is 13.7. The van der Waals surface area contributed by atoms with Crippen molar-refractivity contribution in [1.82, 2.24) is 20.3 Å². The standard InChI is InChI=1S/C15H20N4/c1-2-8-16-10-14-11-19(18-17-14)15-7-6-12-4-3-5-13(12)9-15/h6-7,9,11,16H,2-5,8,10H2,1H3. The molecule has 0 bridgehead atoms. The van der Waals surface area contributed by atoms with Gasteiger partial charge in [-0.2, -0.15) is 0 Å². The first-order valence-electron chi connectivity index (χ1n) is 7.11. The molecular formula is C15H20N4. The van der Waals surface area contributed by atoms with Gasteiger partial charge in [-0.15, -0.1) is 5.10 Å². The summed E-state index contributed by atoms with van der Waals surface area (Å²) in [6, 6.07) is 6.62. The molecule has 0 unspecified atom stereocenters. The summed E-state index contributed by atoms with van der Waals surface area (Å²) < 4.78 is 1.88. The van der Waals surface area contributed by atoms with Crippen LogP contribution in [0.1, 0.15) is 36.6 Å². The van der Waals surface area contributed by atoms with Gasteiger partial charge in [0, 0.05) is 6.54 Å². The van der Waals surface area contributed by atoms with Gasteiger partial charge in [0.2, 0.25) is 0 Å². The van der Waals surface area contributed by atoms with Gasteiger partial charge in [-0.25, -0.2) is 4.68 Å². The molecule has 19 heavy (non-hydrogen) atoms. The molecule has 1 aliphatic rings. The molecule has 0 aliphatic heterocycles. The molecule has 0 radical (unpaired) electrons. The van der Waals surface area contributed by atoms with Crippen molar-refractivity contribution in [3.63, 3.8) is 0 Å². The van der Waals surface area contributed by atoms with Crippen LogP contribution in [0.25, 0.3) is 5.69 Å². The Morgan fingerprint density at radius 2 is 2.16 bits per heavy atom. The van der Waals surface area contributed by atoms with Gasteiger partial charge >= 0.3 is 0 Å². The van der Waals surface area contributed by atoms with E-state index in [1.807, 2.05) is 10.9 Å². The lowest BCUT2D eigenvalue weighted by Gasteiger charge is -2.03. The van der Waals surface area contributed by atoms with E-state index in [0.29, 0.717) is 0 Å². The first kappa shape index (κ1) is 12.4. The molecule has 0 amide bonds. The summed E-state index contributed by atoms with van der Waals surface area (Å²) in [6.07, 6.45) is 6.85. The first-order chi connectivity index (χ1) is 9.36. The van der Waals surface area contributed by atoms with E-state index in [1.165, 1.54) is 30.4 Å². The summed E-state index contributed by atoms with van der Waals surface area (Å²) in [5.74, 6) is 0. The van der Waals surface area contributed by atoms with Crippen molar-refractivity contribution in [1.29, 1.82) is 0 Å². The molecule has 0 atom stereocenters. The number of nitrogens with one attached hydrogen (secondary N) is 1. The Kier molecular flexibility index (Phi) is 3.60. The van der Waals surface area contributed by atoms with Gasteiger partial charge in [-0.05, 0) is 55.5 Å². The minimum absolute atomic E-state index is 0.790. The topological polar surface area (TPSA) is 42.7 Å². The fourth-order valence-corrected chi connectivity index (χ4v) is 2.60. The van der Waals surface area contributed by atoms with E-state index in [0.717, 1.165) is 30.9 Å². The predicted molar refractivity (Wildman–Crippen MR) is 75.4 cm³/mol. The van der Waals surface area contributed by atoms with E-state index in [1.54, 1.807) is 0 Å². The van der Waals surface area contributed by atoms with Crippen LogP contribution >= 0.6 is 0 Å². The zero-order chi connectivity index (χ0) is 13.1. The maximum Gasteiger partial charge on any atom is 0.0969 e. The number of hydrogen-bond donors (Lipinski definition) is 1. The minimum atomic E-state index is 0.790. The Morgan fingerprint density at radius 1 is 1.26 bits per heavy atom. The molecule has 0 spiro atoms. The van der Waals surface area contributed by atoms with Gasteiger partial charge in [0.05, 0.1) is 17.6 Å². The number of fused-ring (bicyclic) bond motifs is 1. The van der Waals surface area contributed by atoms with Crippen LogP contribution in [0.4, 0.5) is 0 Å². The highest BCUT2D eigenvalue weighted by Gasteiger charge is 2.12. The molecule has 4 heteroatoms. The van der Waals surface area contributed by atoms with E-state index in [4.69, 9.17) is 0 Å². The van der Waals surface area contributed by atoms with Gasteiger partial charge in [0.15, 0.2) is 0 Å². The van der Waals surface area contributed by atoms with E-state index in [2.05, 4.69) is 40.8 Å². The zero-order valence-corrected chi connectivity index (χ0v) is 11.4. The summed E-state index contributed by atoms with van der Waals surface area (Å²) in [5, 5.41) is 11.8. The molecule has 0 saturated heterocycles. The Balaban J connectivity index is 1.75. The molecule has 0 fully saturated rings. The van der Waals surface area contributed by atoms with Crippen molar-refractivity contribution in [3.05, 3.63) is 41.2 Å². The SMILES string of the molecule is CCCNCc1cn(-c2ccc3c(c2)CCC3)nn1. The maximum absolute atomic E-state index is 4.22. The van der Waals surface area contributed by atoms with Crippen LogP contribution in [-0.4, -0.2) is 21.5 Å². The highest BCUT2D eigenvalue weighted by atomic mass is 15.4. The predicted octanol–water partition coefficient (Wildman–Crippen LogP) is 2.26. The number of nitrogens with zero attached hydrogens (tertiary/aromatic N) is 3. The van der Waals surface area contributed by atoms with Gasteiger partial charge in [-0.1, -0.05) is 18.2 Å². The second-order valence-corrected chi connectivity index (χ2v) is 5.14. The zero-order valence-electron chi connectivity index (χ0n) is 11.4. The van der Waals surface area contributed by atoms with E-state index >= 15 is 0 Å². The highest BCUT2D eigenvalue weighted by molar-refractivity contribution is 5.42. The van der Waals surface area contributed by atoms with Gasteiger partial charge in [0.1, 0.15) is 0 Å². The molecular weight excluding hydrogens is 236 g/mol. The minimum Gasteiger partial charge on any atom is -0.311 e. The number of hydrogen-bond acceptors (Lipinski definition) is 3. The van der Waals surface area contributed by atoms with Crippen LogP contribution in [0.15, 0.2) is 24.4 Å². The van der Waals surface area contributed by atoms with E-state index in [-0.39, 0.29) is 0 Å². The summed E-state index contributed by atoms with van der Waals surface area (Å²) in [7, 11) is 0. The average molecular weight is 256 g/mol. The maximum atomic E-state index is 4.22. The lowest BCUT2D eigenvalue weighted by Crippen LogP contribution is -2.13. The third kappa shape index (κ3) is 2.68. The summed E-state index contributed by atoms with van der Waals surface area (Å²) in [5.41, 5.74) is 5.08. The van der Waals surface area contributed by atoms with Crippen molar-refractivity contribution in [2.45, 2.75) is 39.2 Å². The Hall–Kier alpha value is -1.68. The smallest absolute Gasteiger partial charge is 0.0969 e. The van der Waals surface area contributed by atoms with Crippen LogP contribution < -0.4 is 5.32 Å². The van der Waals surface area contributed by atoms with Crippen LogP contribution in [-0.2, 0) is 19.4 Å². The molecule has 1 aromatic heterocycles. The van der Waals surface area contributed by atoms with Gasteiger partial charge in [0.25, 0.3) is 0 Å². The molecule has 1 aromatic carbocycles. The van der Waals surface area contributed by atoms with Crippen LogP contribution in [0, 0.1) is 0 Å². The fourth-order valence-electron chi connectivity index (χ4n) is 2.60. The van der Waals surface area contributed by atoms with Crippen molar-refractivity contribution >= 4 is 0 Å². The van der Waals surface area contributed by atoms with Crippen LogP contribution in [0.3, 0.4) is 0 Å². The second-order valence-electron chi connectivity index (χ2n) is 5.14. The Bertz CT molecular complexity index is 559. The number of rotatable bonds is 5. The molecule has 1 heterocycles. The number of aromatic nitrogens is 3. The van der Waals surface area contributed by atoms with Crippen molar-refractivity contribution in [2.75, 3.05) is 6.54 Å². The Labute approximate surface area is 113 Å². The summed E-state index contributed by atoms with van der Waals surface area (Å²) in [4.78, 5) is 0. The van der Waals surface area contributed by atoms with Gasteiger partial charge in [-0.3, -0.25) is 0 Å². The molecule has 2 aromatic rings. The molecule has 3 rings (SSSR count). The molecule has 1 N–H and O–H groups in total. The summed E-state index contributed by atoms with van der Waals surface area (Å²) >= 11 is 0. The van der Waals surface area contributed by atoms with E-state index < -0.39 is 0 Å². The first-order valence-corrected chi connectivity index (χ1v) is 7.11. The van der Waals surface area contributed by atoms with Crippen molar-refractivity contribution < 1.29 is 0 Å². The third-order valence-corrected chi connectivity index (χ3v) is 3.62. The van der Waals surface area contributed by atoms with Crippen molar-refractivity contribution in [2.24, 2.45) is 0 Å². The molecule has 0 saturated carbocycles. The third-order valence-electron chi connectivity index (χ3n) is 3.62. The quantitative estimate of drug-likeness (QED) is 0.834. The van der Waals surface area contributed by atoms with Gasteiger partial charge < -0.3 is 5.32 Å². The lowest BCUT2D eigenvalue weighted by atomic mass is 10.1. The second kappa shape index (κ2) is 5.53. The van der Waals surface area contributed by atoms with E-state index in [9.17, 15) is 0 Å². The monoisotopic (exact) mass is 256 g/mol. The Morgan fingerprint density at radius 3 is 3.05 bits per heavy atom. The molecule has 4 nitrogen and oxygen atoms in total. The van der Waals surface area contributed by atoms with Crippen LogP contribution in [0.5, 0.6) is 0 Å². The largest absolute Gasteiger partial charge is 0.311 e.